The van der Waals surface area contributed by atoms with Gasteiger partial charge in [-0.25, -0.2) is 0 Å². The molecule has 0 bridgehead atoms. The van der Waals surface area contributed by atoms with Crippen molar-refractivity contribution >= 4 is 17.6 Å². The molecule has 1 heterocycles. The van der Waals surface area contributed by atoms with E-state index in [1.165, 1.54) is 0 Å². The van der Waals surface area contributed by atoms with Crippen molar-refractivity contribution < 1.29 is 19.4 Å². The summed E-state index contributed by atoms with van der Waals surface area (Å²) >= 11 is 6.37. The molecule has 1 aliphatic carbocycles. The number of carboxylic acid groups (broad SMARTS) is 1. The standard InChI is InChI=1S/C16H19ClO4/c1-2-10-11(16(4-5-16)9-13(18)19)8-12(17)15-14(10)20-6-3-7-21-15/h8H,2-7,9H2,1H3,(H,18,19). The number of fused-ring (bicyclic) bond motifs is 1. The van der Waals surface area contributed by atoms with E-state index in [0.717, 1.165) is 36.8 Å². The van der Waals surface area contributed by atoms with Gasteiger partial charge in [-0.3, -0.25) is 4.79 Å². The van der Waals surface area contributed by atoms with E-state index in [2.05, 4.69) is 6.92 Å². The molecule has 1 saturated carbocycles. The summed E-state index contributed by atoms with van der Waals surface area (Å²) in [7, 11) is 0. The topological polar surface area (TPSA) is 55.8 Å². The SMILES string of the molecule is CCc1c(C2(CC(=O)O)CC2)cc(Cl)c2c1OCCCO2. The van der Waals surface area contributed by atoms with Gasteiger partial charge in [-0.15, -0.1) is 0 Å². The van der Waals surface area contributed by atoms with Crippen molar-refractivity contribution in [2.24, 2.45) is 0 Å². The van der Waals surface area contributed by atoms with Crippen LogP contribution >= 0.6 is 11.6 Å². The van der Waals surface area contributed by atoms with Crippen molar-refractivity contribution in [2.75, 3.05) is 13.2 Å². The summed E-state index contributed by atoms with van der Waals surface area (Å²) < 4.78 is 11.6. The summed E-state index contributed by atoms with van der Waals surface area (Å²) in [6.07, 6.45) is 3.53. The summed E-state index contributed by atoms with van der Waals surface area (Å²) in [5.74, 6) is 0.563. The van der Waals surface area contributed by atoms with Crippen LogP contribution in [0.1, 0.15) is 43.7 Å². The normalized spacial score (nSPS) is 19.0. The van der Waals surface area contributed by atoms with Gasteiger partial charge in [0.15, 0.2) is 11.5 Å². The molecular formula is C16H19ClO4. The molecule has 1 aromatic carbocycles. The minimum absolute atomic E-state index is 0.149. The molecule has 0 unspecified atom stereocenters. The highest BCUT2D eigenvalue weighted by Gasteiger charge is 2.48. The van der Waals surface area contributed by atoms with E-state index in [1.54, 1.807) is 0 Å². The van der Waals surface area contributed by atoms with Crippen LogP contribution in [0.2, 0.25) is 5.02 Å². The largest absolute Gasteiger partial charge is 0.489 e. The number of ether oxygens (including phenoxy) is 2. The van der Waals surface area contributed by atoms with Gasteiger partial charge in [0.1, 0.15) is 0 Å². The molecule has 0 amide bonds. The molecule has 21 heavy (non-hydrogen) atoms. The zero-order valence-electron chi connectivity index (χ0n) is 12.1. The molecule has 0 atom stereocenters. The molecule has 4 nitrogen and oxygen atoms in total. The first-order valence-corrected chi connectivity index (χ1v) is 7.78. The maximum atomic E-state index is 11.2. The second kappa shape index (κ2) is 5.41. The van der Waals surface area contributed by atoms with E-state index < -0.39 is 5.97 Å². The van der Waals surface area contributed by atoms with Crippen molar-refractivity contribution in [3.63, 3.8) is 0 Å². The van der Waals surface area contributed by atoms with Crippen LogP contribution in [-0.4, -0.2) is 24.3 Å². The predicted octanol–water partition coefficient (Wildman–Crippen LogP) is 3.57. The summed E-state index contributed by atoms with van der Waals surface area (Å²) in [6.45, 7) is 3.25. The average Bonchev–Trinajstić information content (AvgIpc) is 3.22. The number of hydrogen-bond acceptors (Lipinski definition) is 3. The maximum Gasteiger partial charge on any atom is 0.304 e. The molecule has 0 spiro atoms. The molecule has 5 heteroatoms. The highest BCUT2D eigenvalue weighted by molar-refractivity contribution is 6.32. The maximum absolute atomic E-state index is 11.2. The number of rotatable bonds is 4. The van der Waals surface area contributed by atoms with E-state index in [1.807, 2.05) is 6.07 Å². The fourth-order valence-corrected chi connectivity index (χ4v) is 3.40. The second-order valence-electron chi connectivity index (χ2n) is 5.80. The number of hydrogen-bond donors (Lipinski definition) is 1. The van der Waals surface area contributed by atoms with Crippen LogP contribution in [0.4, 0.5) is 0 Å². The van der Waals surface area contributed by atoms with Crippen LogP contribution in [0.3, 0.4) is 0 Å². The van der Waals surface area contributed by atoms with Crippen molar-refractivity contribution in [3.8, 4) is 11.5 Å². The molecule has 1 fully saturated rings. The number of carbonyl (C=O) groups is 1. The monoisotopic (exact) mass is 310 g/mol. The summed E-state index contributed by atoms with van der Waals surface area (Å²) in [5, 5.41) is 9.70. The molecule has 114 valence electrons. The Morgan fingerprint density at radius 1 is 1.33 bits per heavy atom. The number of halogens is 1. The van der Waals surface area contributed by atoms with Crippen LogP contribution in [0.25, 0.3) is 0 Å². The molecule has 1 aliphatic heterocycles. The summed E-state index contributed by atoms with van der Waals surface area (Å²) in [4.78, 5) is 11.2. The highest BCUT2D eigenvalue weighted by Crippen LogP contribution is 2.56. The Hall–Kier alpha value is -1.42. The number of carboxylic acids is 1. The van der Waals surface area contributed by atoms with Gasteiger partial charge in [0.2, 0.25) is 0 Å². The van der Waals surface area contributed by atoms with Gasteiger partial charge in [0.05, 0.1) is 24.7 Å². The quantitative estimate of drug-likeness (QED) is 0.923. The van der Waals surface area contributed by atoms with Crippen LogP contribution < -0.4 is 9.47 Å². The number of benzene rings is 1. The Balaban J connectivity index is 2.11. The molecule has 0 radical (unpaired) electrons. The van der Waals surface area contributed by atoms with Gasteiger partial charge in [-0.05, 0) is 30.9 Å². The first kappa shape index (κ1) is 14.5. The second-order valence-corrected chi connectivity index (χ2v) is 6.20. The zero-order valence-corrected chi connectivity index (χ0v) is 12.8. The Morgan fingerprint density at radius 3 is 2.57 bits per heavy atom. The summed E-state index contributed by atoms with van der Waals surface area (Å²) in [5.41, 5.74) is 1.81. The van der Waals surface area contributed by atoms with Crippen LogP contribution in [0.5, 0.6) is 11.5 Å². The lowest BCUT2D eigenvalue weighted by molar-refractivity contribution is -0.137. The van der Waals surface area contributed by atoms with Crippen molar-refractivity contribution in [2.45, 2.75) is 44.4 Å². The fraction of sp³-hybridized carbons (Fsp3) is 0.562. The smallest absolute Gasteiger partial charge is 0.304 e. The van der Waals surface area contributed by atoms with E-state index in [-0.39, 0.29) is 11.8 Å². The molecule has 0 aromatic heterocycles. The molecule has 1 N–H and O–H groups in total. The third-order valence-electron chi connectivity index (χ3n) is 4.34. The Morgan fingerprint density at radius 2 is 2.00 bits per heavy atom. The van der Waals surface area contributed by atoms with Crippen LogP contribution in [0, 0.1) is 0 Å². The van der Waals surface area contributed by atoms with E-state index in [4.69, 9.17) is 21.1 Å². The van der Waals surface area contributed by atoms with Crippen LogP contribution in [-0.2, 0) is 16.6 Å². The van der Waals surface area contributed by atoms with Gasteiger partial charge >= 0.3 is 5.97 Å². The van der Waals surface area contributed by atoms with Gasteiger partial charge < -0.3 is 14.6 Å². The lowest BCUT2D eigenvalue weighted by Gasteiger charge is -2.22. The Bertz CT molecular complexity index is 578. The summed E-state index contributed by atoms with van der Waals surface area (Å²) in [6, 6.07) is 1.89. The fourth-order valence-electron chi connectivity index (χ4n) is 3.15. The molecule has 2 aliphatic rings. The molecule has 3 rings (SSSR count). The van der Waals surface area contributed by atoms with Gasteiger partial charge in [-0.1, -0.05) is 18.5 Å². The van der Waals surface area contributed by atoms with Crippen molar-refractivity contribution in [1.29, 1.82) is 0 Å². The first-order chi connectivity index (χ1) is 10.1. The minimum atomic E-state index is -0.766. The predicted molar refractivity (Wildman–Crippen MR) is 79.6 cm³/mol. The third-order valence-corrected chi connectivity index (χ3v) is 4.62. The molecule has 1 aromatic rings. The molecule has 0 saturated heterocycles. The average molecular weight is 311 g/mol. The van der Waals surface area contributed by atoms with E-state index >= 15 is 0 Å². The van der Waals surface area contributed by atoms with Crippen molar-refractivity contribution in [1.82, 2.24) is 0 Å². The lowest BCUT2D eigenvalue weighted by Crippen LogP contribution is -2.16. The third kappa shape index (κ3) is 2.57. The van der Waals surface area contributed by atoms with Gasteiger partial charge in [-0.2, -0.15) is 0 Å². The lowest BCUT2D eigenvalue weighted by atomic mass is 9.87. The highest BCUT2D eigenvalue weighted by atomic mass is 35.5. The van der Waals surface area contributed by atoms with E-state index in [9.17, 15) is 9.90 Å². The first-order valence-electron chi connectivity index (χ1n) is 7.40. The molecular weight excluding hydrogens is 292 g/mol. The van der Waals surface area contributed by atoms with Gasteiger partial charge in [0.25, 0.3) is 0 Å². The Labute approximate surface area is 129 Å². The number of aliphatic carboxylic acids is 1. The van der Waals surface area contributed by atoms with Crippen LogP contribution in [0.15, 0.2) is 6.07 Å². The van der Waals surface area contributed by atoms with E-state index in [0.29, 0.717) is 29.7 Å². The van der Waals surface area contributed by atoms with Gasteiger partial charge in [0, 0.05) is 17.4 Å². The van der Waals surface area contributed by atoms with Crippen molar-refractivity contribution in [3.05, 3.63) is 22.2 Å². The Kier molecular flexibility index (Phi) is 3.74. The minimum Gasteiger partial charge on any atom is -0.489 e. The zero-order chi connectivity index (χ0) is 15.0.